The number of methoxy groups -OCH3 is 1. The summed E-state index contributed by atoms with van der Waals surface area (Å²) in [6, 6.07) is 15.6. The maximum atomic E-state index is 13.1. The number of halogens is 2. The molecule has 0 aliphatic heterocycles. The second kappa shape index (κ2) is 10.7. The van der Waals surface area contributed by atoms with Gasteiger partial charge in [-0.1, -0.05) is 47.5 Å². The lowest BCUT2D eigenvalue weighted by Gasteiger charge is -2.18. The number of amides is 1. The fraction of sp³-hybridized carbons (Fsp3) is 0.269. The van der Waals surface area contributed by atoms with Gasteiger partial charge in [0.25, 0.3) is 0 Å². The van der Waals surface area contributed by atoms with Crippen molar-refractivity contribution >= 4 is 54.5 Å². The third kappa shape index (κ3) is 6.18. The van der Waals surface area contributed by atoms with Gasteiger partial charge in [0.15, 0.2) is 19.7 Å². The molecule has 1 fully saturated rings. The number of sulfone groups is 2. The first-order valence-electron chi connectivity index (χ1n) is 11.3. The number of carbonyl (C=O) groups excluding carboxylic acids is 1. The Hall–Kier alpha value is -2.43. The number of nitrogens with one attached hydrogen (secondary N) is 1. The van der Waals surface area contributed by atoms with E-state index in [0.29, 0.717) is 35.2 Å². The van der Waals surface area contributed by atoms with Gasteiger partial charge in [0, 0.05) is 24.6 Å². The molecule has 1 aliphatic carbocycles. The summed E-state index contributed by atoms with van der Waals surface area (Å²) in [5.41, 5.74) is 2.11. The summed E-state index contributed by atoms with van der Waals surface area (Å²) in [5.74, 6) is -1.10. The minimum absolute atomic E-state index is 0.0692. The minimum Gasteiger partial charge on any atom is -0.384 e. The summed E-state index contributed by atoms with van der Waals surface area (Å²) in [4.78, 5) is 13.5. The first kappa shape index (κ1) is 27.6. The van der Waals surface area contributed by atoms with Gasteiger partial charge in [0.05, 0.1) is 37.6 Å². The lowest BCUT2D eigenvalue weighted by Crippen LogP contribution is -2.24. The van der Waals surface area contributed by atoms with Crippen molar-refractivity contribution in [2.75, 3.05) is 25.3 Å². The topological polar surface area (TPSA) is 107 Å². The number of hydrogen-bond acceptors (Lipinski definition) is 6. The first-order chi connectivity index (χ1) is 17.4. The monoisotopic (exact) mass is 581 g/mol. The van der Waals surface area contributed by atoms with Crippen LogP contribution in [0.3, 0.4) is 0 Å². The smallest absolute Gasteiger partial charge is 0.234 e. The van der Waals surface area contributed by atoms with Crippen molar-refractivity contribution in [2.45, 2.75) is 33.8 Å². The molecule has 3 aromatic carbocycles. The summed E-state index contributed by atoms with van der Waals surface area (Å²) in [5, 5.41) is 3.05. The Morgan fingerprint density at radius 2 is 1.49 bits per heavy atom. The summed E-state index contributed by atoms with van der Waals surface area (Å²) < 4.78 is 53.6. The molecule has 11 heteroatoms. The lowest BCUT2D eigenvalue weighted by molar-refractivity contribution is -0.118. The van der Waals surface area contributed by atoms with Gasteiger partial charge in [-0.25, -0.2) is 16.8 Å². The molecule has 0 heterocycles. The fourth-order valence-electron chi connectivity index (χ4n) is 3.97. The molecule has 1 atom stereocenters. The van der Waals surface area contributed by atoms with Crippen LogP contribution >= 0.6 is 23.2 Å². The second-order valence-corrected chi connectivity index (χ2v) is 14.0. The molecule has 37 heavy (non-hydrogen) atoms. The Bertz CT molecular complexity index is 1510. The Kier molecular flexibility index (Phi) is 8.02. The normalized spacial score (nSPS) is 14.8. The number of rotatable bonds is 9. The van der Waals surface area contributed by atoms with Crippen LogP contribution in [0.4, 0.5) is 5.69 Å². The Balaban J connectivity index is 1.55. The zero-order valence-electron chi connectivity index (χ0n) is 20.1. The van der Waals surface area contributed by atoms with Crippen LogP contribution in [0.15, 0.2) is 70.5 Å². The third-order valence-corrected chi connectivity index (χ3v) is 10.1. The highest BCUT2D eigenvalue weighted by atomic mass is 35.5. The van der Waals surface area contributed by atoms with E-state index >= 15 is 0 Å². The van der Waals surface area contributed by atoms with E-state index in [2.05, 4.69) is 5.32 Å². The van der Waals surface area contributed by atoms with E-state index in [-0.39, 0.29) is 37.6 Å². The predicted molar refractivity (Wildman–Crippen MR) is 145 cm³/mol. The Morgan fingerprint density at radius 1 is 0.946 bits per heavy atom. The van der Waals surface area contributed by atoms with E-state index in [1.165, 1.54) is 19.2 Å². The van der Waals surface area contributed by atoms with E-state index in [0.717, 1.165) is 6.26 Å². The van der Waals surface area contributed by atoms with Gasteiger partial charge in [-0.05, 0) is 60.4 Å². The van der Waals surface area contributed by atoms with Crippen LogP contribution in [0.25, 0.3) is 11.1 Å². The molecule has 0 unspecified atom stereocenters. The molecule has 1 saturated carbocycles. The molecule has 3 aromatic rings. The number of ether oxygens (including phenoxy) is 1. The molecule has 0 aromatic heterocycles. The average molecular weight is 583 g/mol. The van der Waals surface area contributed by atoms with Gasteiger partial charge in [0.1, 0.15) is 0 Å². The Labute approximate surface area is 226 Å². The molecule has 1 amide bonds. The van der Waals surface area contributed by atoms with Crippen LogP contribution in [0.1, 0.15) is 24.3 Å². The van der Waals surface area contributed by atoms with Crippen LogP contribution in [0.2, 0.25) is 10.0 Å². The van der Waals surface area contributed by atoms with Crippen molar-refractivity contribution in [2.24, 2.45) is 0 Å². The molecule has 7 nitrogen and oxygen atoms in total. The van der Waals surface area contributed by atoms with E-state index < -0.39 is 25.6 Å². The van der Waals surface area contributed by atoms with Crippen molar-refractivity contribution in [1.82, 2.24) is 0 Å². The van der Waals surface area contributed by atoms with Crippen LogP contribution < -0.4 is 5.32 Å². The second-order valence-electron chi connectivity index (χ2n) is 8.92. The average Bonchev–Trinajstić information content (AvgIpc) is 3.68. The maximum absolute atomic E-state index is 13.1. The highest BCUT2D eigenvalue weighted by molar-refractivity contribution is 7.92. The number of hydrogen-bond donors (Lipinski definition) is 1. The molecular weight excluding hydrogens is 557 g/mol. The van der Waals surface area contributed by atoms with Crippen molar-refractivity contribution in [3.8, 4) is 11.1 Å². The zero-order chi connectivity index (χ0) is 27.0. The van der Waals surface area contributed by atoms with Crippen molar-refractivity contribution < 1.29 is 26.4 Å². The largest absolute Gasteiger partial charge is 0.384 e. The summed E-state index contributed by atoms with van der Waals surface area (Å²) in [7, 11) is -5.20. The fourth-order valence-corrected chi connectivity index (χ4v) is 6.96. The highest BCUT2D eigenvalue weighted by Crippen LogP contribution is 2.39. The summed E-state index contributed by atoms with van der Waals surface area (Å²) in [6.07, 6.45) is 2.49. The standard InChI is InChI=1S/C26H25Cl2NO6S2/c1-35-15-22(16-3-7-19(8-4-16)36(2,31)32)26(30)29-18-13-23(27)25(24(28)14-18)17-5-9-20(10-6-17)37(33,34)21-11-12-21/h3-10,13-14,21-22H,11-12,15H2,1-2H3,(H,29,30)/t22-/m1/s1. The molecule has 196 valence electrons. The molecule has 0 saturated heterocycles. The quantitative estimate of drug-likeness (QED) is 0.364. The van der Waals surface area contributed by atoms with Gasteiger partial charge >= 0.3 is 0 Å². The molecule has 4 rings (SSSR count). The number of carbonyl (C=O) groups is 1. The van der Waals surface area contributed by atoms with Gasteiger partial charge < -0.3 is 10.1 Å². The highest BCUT2D eigenvalue weighted by Gasteiger charge is 2.36. The Morgan fingerprint density at radius 3 is 1.97 bits per heavy atom. The number of anilines is 1. The number of benzene rings is 3. The van der Waals surface area contributed by atoms with Crippen LogP contribution in [0.5, 0.6) is 0 Å². The minimum atomic E-state index is -3.36. The molecular formula is C26H25Cl2NO6S2. The summed E-state index contributed by atoms with van der Waals surface area (Å²) in [6.45, 7) is 0.0692. The lowest BCUT2D eigenvalue weighted by atomic mass is 9.99. The van der Waals surface area contributed by atoms with Crippen molar-refractivity contribution in [3.63, 3.8) is 0 Å². The van der Waals surface area contributed by atoms with Gasteiger partial charge in [-0.2, -0.15) is 0 Å². The van der Waals surface area contributed by atoms with Crippen LogP contribution in [-0.2, 0) is 29.2 Å². The van der Waals surface area contributed by atoms with Crippen molar-refractivity contribution in [3.05, 3.63) is 76.3 Å². The van der Waals surface area contributed by atoms with Crippen LogP contribution in [0, 0.1) is 0 Å². The zero-order valence-corrected chi connectivity index (χ0v) is 23.2. The predicted octanol–water partition coefficient (Wildman–Crippen LogP) is 5.37. The molecule has 0 spiro atoms. The van der Waals surface area contributed by atoms with Gasteiger partial charge in [-0.3, -0.25) is 4.79 Å². The first-order valence-corrected chi connectivity index (χ1v) is 15.5. The van der Waals surface area contributed by atoms with Gasteiger partial charge in [-0.15, -0.1) is 0 Å². The maximum Gasteiger partial charge on any atom is 0.234 e. The summed E-state index contributed by atoms with van der Waals surface area (Å²) >= 11 is 13.1. The molecule has 1 aliphatic rings. The van der Waals surface area contributed by atoms with E-state index in [1.54, 1.807) is 48.5 Å². The molecule has 0 radical (unpaired) electrons. The van der Waals surface area contributed by atoms with E-state index in [9.17, 15) is 21.6 Å². The SMILES string of the molecule is COC[C@@H](C(=O)Nc1cc(Cl)c(-c2ccc(S(=O)(=O)C3CC3)cc2)c(Cl)c1)c1ccc(S(C)(=O)=O)cc1. The molecule has 1 N–H and O–H groups in total. The van der Waals surface area contributed by atoms with Crippen LogP contribution in [-0.4, -0.2) is 48.0 Å². The van der Waals surface area contributed by atoms with Crippen molar-refractivity contribution in [1.29, 1.82) is 0 Å². The van der Waals surface area contributed by atoms with E-state index in [1.807, 2.05) is 0 Å². The third-order valence-electron chi connectivity index (χ3n) is 6.10. The van der Waals surface area contributed by atoms with Gasteiger partial charge in [0.2, 0.25) is 5.91 Å². The van der Waals surface area contributed by atoms with E-state index in [4.69, 9.17) is 27.9 Å². The molecule has 0 bridgehead atoms.